The summed E-state index contributed by atoms with van der Waals surface area (Å²) >= 11 is 9.12. The molecular formula is C8H9BrClN. The van der Waals surface area contributed by atoms with Crippen LogP contribution >= 0.6 is 27.5 Å². The van der Waals surface area contributed by atoms with Crippen LogP contribution in [0.4, 0.5) is 0 Å². The Morgan fingerprint density at radius 2 is 2.27 bits per heavy atom. The molecule has 1 aromatic rings. The summed E-state index contributed by atoms with van der Waals surface area (Å²) in [5.41, 5.74) is 1.21. The molecular weight excluding hydrogens is 225 g/mol. The first-order valence-electron chi connectivity index (χ1n) is 3.48. The van der Waals surface area contributed by atoms with Crippen molar-refractivity contribution in [3.8, 4) is 0 Å². The molecule has 0 aromatic carbocycles. The molecule has 0 saturated heterocycles. The van der Waals surface area contributed by atoms with Crippen LogP contribution in [0.2, 0.25) is 5.02 Å². The molecule has 0 N–H and O–H groups in total. The molecule has 0 bridgehead atoms. The molecule has 1 aromatic heterocycles. The molecule has 0 spiro atoms. The van der Waals surface area contributed by atoms with Crippen molar-refractivity contribution in [2.24, 2.45) is 0 Å². The molecule has 0 unspecified atom stereocenters. The number of rotatable bonds is 3. The number of pyridine rings is 1. The van der Waals surface area contributed by atoms with Crippen LogP contribution in [-0.2, 0) is 6.42 Å². The average Bonchev–Trinajstić information content (AvgIpc) is 2.01. The third-order valence-electron chi connectivity index (χ3n) is 1.36. The topological polar surface area (TPSA) is 12.9 Å². The highest BCUT2D eigenvalue weighted by molar-refractivity contribution is 9.09. The van der Waals surface area contributed by atoms with Gasteiger partial charge in [-0.3, -0.25) is 4.98 Å². The lowest BCUT2D eigenvalue weighted by Crippen LogP contribution is -1.86. The van der Waals surface area contributed by atoms with Gasteiger partial charge in [-0.05, 0) is 24.5 Å². The molecule has 0 aliphatic heterocycles. The second kappa shape index (κ2) is 4.73. The van der Waals surface area contributed by atoms with Crippen molar-refractivity contribution in [3.63, 3.8) is 0 Å². The van der Waals surface area contributed by atoms with Gasteiger partial charge >= 0.3 is 0 Å². The normalized spacial score (nSPS) is 10.0. The van der Waals surface area contributed by atoms with E-state index in [4.69, 9.17) is 11.6 Å². The van der Waals surface area contributed by atoms with Gasteiger partial charge in [-0.1, -0.05) is 27.5 Å². The molecule has 0 atom stereocenters. The molecule has 0 amide bonds. The van der Waals surface area contributed by atoms with Crippen LogP contribution in [0.3, 0.4) is 0 Å². The molecule has 60 valence electrons. The first-order chi connectivity index (χ1) is 5.33. The highest BCUT2D eigenvalue weighted by Gasteiger charge is 1.93. The highest BCUT2D eigenvalue weighted by Crippen LogP contribution is 2.10. The maximum atomic E-state index is 5.75. The number of halogens is 2. The van der Waals surface area contributed by atoms with Gasteiger partial charge in [0, 0.05) is 17.7 Å². The van der Waals surface area contributed by atoms with Crippen LogP contribution < -0.4 is 0 Å². The maximum Gasteiger partial charge on any atom is 0.0592 e. The number of aromatic nitrogens is 1. The average molecular weight is 235 g/mol. The van der Waals surface area contributed by atoms with E-state index in [9.17, 15) is 0 Å². The Morgan fingerprint density at radius 1 is 1.45 bits per heavy atom. The van der Waals surface area contributed by atoms with Crippen molar-refractivity contribution in [2.45, 2.75) is 12.8 Å². The molecule has 0 fully saturated rings. The predicted molar refractivity (Wildman–Crippen MR) is 51.4 cm³/mol. The zero-order chi connectivity index (χ0) is 8.10. The number of hydrogen-bond donors (Lipinski definition) is 0. The van der Waals surface area contributed by atoms with Crippen LogP contribution in [0.25, 0.3) is 0 Å². The quantitative estimate of drug-likeness (QED) is 0.733. The highest BCUT2D eigenvalue weighted by atomic mass is 79.9. The Balaban J connectivity index is 2.56. The first kappa shape index (κ1) is 9.01. The number of aryl methyl sites for hydroxylation is 1. The van der Waals surface area contributed by atoms with E-state index in [2.05, 4.69) is 20.9 Å². The van der Waals surface area contributed by atoms with Crippen molar-refractivity contribution in [1.82, 2.24) is 4.98 Å². The van der Waals surface area contributed by atoms with E-state index in [1.165, 1.54) is 5.56 Å². The smallest absolute Gasteiger partial charge is 0.0592 e. The maximum absolute atomic E-state index is 5.75. The lowest BCUT2D eigenvalue weighted by atomic mass is 10.2. The SMILES string of the molecule is Clc1cncc(CCCBr)c1. The Morgan fingerprint density at radius 3 is 2.91 bits per heavy atom. The van der Waals surface area contributed by atoms with Gasteiger partial charge in [-0.2, -0.15) is 0 Å². The van der Waals surface area contributed by atoms with Crippen molar-refractivity contribution >= 4 is 27.5 Å². The minimum Gasteiger partial charge on any atom is -0.263 e. The Bertz CT molecular complexity index is 227. The summed E-state index contributed by atoms with van der Waals surface area (Å²) in [6, 6.07) is 1.96. The second-order valence-electron chi connectivity index (χ2n) is 2.30. The summed E-state index contributed by atoms with van der Waals surface area (Å²) in [6.45, 7) is 0. The summed E-state index contributed by atoms with van der Waals surface area (Å²) in [6.07, 6.45) is 5.68. The Hall–Kier alpha value is -0.0800. The molecule has 0 saturated carbocycles. The van der Waals surface area contributed by atoms with Crippen LogP contribution in [0.1, 0.15) is 12.0 Å². The van der Waals surface area contributed by atoms with Gasteiger partial charge < -0.3 is 0 Å². The summed E-state index contributed by atoms with van der Waals surface area (Å²) in [5.74, 6) is 0. The molecule has 1 nitrogen and oxygen atoms in total. The number of alkyl halides is 1. The minimum atomic E-state index is 0.720. The molecule has 3 heteroatoms. The van der Waals surface area contributed by atoms with Gasteiger partial charge in [0.25, 0.3) is 0 Å². The zero-order valence-corrected chi connectivity index (χ0v) is 8.40. The summed E-state index contributed by atoms with van der Waals surface area (Å²) < 4.78 is 0. The molecule has 0 aliphatic rings. The fraction of sp³-hybridized carbons (Fsp3) is 0.375. The largest absolute Gasteiger partial charge is 0.263 e. The van der Waals surface area contributed by atoms with E-state index < -0.39 is 0 Å². The van der Waals surface area contributed by atoms with E-state index >= 15 is 0 Å². The lowest BCUT2D eigenvalue weighted by molar-refractivity contribution is 0.930. The fourth-order valence-electron chi connectivity index (χ4n) is 0.864. The monoisotopic (exact) mass is 233 g/mol. The van der Waals surface area contributed by atoms with Crippen LogP contribution in [0, 0.1) is 0 Å². The fourth-order valence-corrected chi connectivity index (χ4v) is 1.34. The summed E-state index contributed by atoms with van der Waals surface area (Å²) in [5, 5.41) is 1.75. The van der Waals surface area contributed by atoms with E-state index in [0.717, 1.165) is 23.2 Å². The zero-order valence-electron chi connectivity index (χ0n) is 6.06. The van der Waals surface area contributed by atoms with Gasteiger partial charge in [0.05, 0.1) is 5.02 Å². The Kier molecular flexibility index (Phi) is 3.87. The molecule has 1 rings (SSSR count). The standard InChI is InChI=1S/C8H9BrClN/c9-3-1-2-7-4-8(10)6-11-5-7/h4-6H,1-3H2. The van der Waals surface area contributed by atoms with E-state index in [-0.39, 0.29) is 0 Å². The van der Waals surface area contributed by atoms with Gasteiger partial charge in [0.2, 0.25) is 0 Å². The van der Waals surface area contributed by atoms with Gasteiger partial charge in [0.1, 0.15) is 0 Å². The van der Waals surface area contributed by atoms with Gasteiger partial charge in [-0.25, -0.2) is 0 Å². The van der Waals surface area contributed by atoms with Crippen LogP contribution in [-0.4, -0.2) is 10.3 Å². The van der Waals surface area contributed by atoms with E-state index in [1.54, 1.807) is 6.20 Å². The third kappa shape index (κ3) is 3.21. The summed E-state index contributed by atoms with van der Waals surface area (Å²) in [7, 11) is 0. The Labute approximate surface area is 79.9 Å². The molecule has 0 aliphatic carbocycles. The van der Waals surface area contributed by atoms with Crippen molar-refractivity contribution < 1.29 is 0 Å². The van der Waals surface area contributed by atoms with Crippen molar-refractivity contribution in [1.29, 1.82) is 0 Å². The lowest BCUT2D eigenvalue weighted by Gasteiger charge is -1.97. The molecule has 1 heterocycles. The number of nitrogens with zero attached hydrogens (tertiary/aromatic N) is 1. The van der Waals surface area contributed by atoms with Crippen LogP contribution in [0.15, 0.2) is 18.5 Å². The second-order valence-corrected chi connectivity index (χ2v) is 3.53. The van der Waals surface area contributed by atoms with Crippen molar-refractivity contribution in [3.05, 3.63) is 29.0 Å². The van der Waals surface area contributed by atoms with E-state index in [0.29, 0.717) is 0 Å². The van der Waals surface area contributed by atoms with Crippen molar-refractivity contribution in [2.75, 3.05) is 5.33 Å². The number of hydrogen-bond acceptors (Lipinski definition) is 1. The van der Waals surface area contributed by atoms with E-state index in [1.807, 2.05) is 12.3 Å². The summed E-state index contributed by atoms with van der Waals surface area (Å²) in [4.78, 5) is 3.99. The molecule has 0 radical (unpaired) electrons. The van der Waals surface area contributed by atoms with Gasteiger partial charge in [0.15, 0.2) is 0 Å². The van der Waals surface area contributed by atoms with Crippen LogP contribution in [0.5, 0.6) is 0 Å². The third-order valence-corrected chi connectivity index (χ3v) is 2.13. The molecule has 11 heavy (non-hydrogen) atoms. The first-order valence-corrected chi connectivity index (χ1v) is 4.98. The predicted octanol–water partition coefficient (Wildman–Crippen LogP) is 3.06. The minimum absolute atomic E-state index is 0.720. The van der Waals surface area contributed by atoms with Gasteiger partial charge in [-0.15, -0.1) is 0 Å².